The molecule has 2 rings (SSSR count). The van der Waals surface area contributed by atoms with Crippen LogP contribution in [-0.2, 0) is 4.74 Å². The molecular weight excluding hydrogens is 282 g/mol. The van der Waals surface area contributed by atoms with Crippen molar-refractivity contribution in [1.82, 2.24) is 4.98 Å². The zero-order chi connectivity index (χ0) is 16.1. The highest BCUT2D eigenvalue weighted by molar-refractivity contribution is 5.88. The molecule has 0 aliphatic carbocycles. The van der Waals surface area contributed by atoms with E-state index in [1.807, 2.05) is 24.3 Å². The van der Waals surface area contributed by atoms with E-state index in [1.165, 1.54) is 0 Å². The van der Waals surface area contributed by atoms with E-state index in [9.17, 15) is 4.79 Å². The first kappa shape index (κ1) is 15.8. The molecule has 1 heterocycles. The molecule has 5 heteroatoms. The van der Waals surface area contributed by atoms with Crippen LogP contribution in [0.25, 0.3) is 11.3 Å². The van der Waals surface area contributed by atoms with Gasteiger partial charge in [0.15, 0.2) is 5.69 Å². The molecule has 0 N–H and O–H groups in total. The number of hydrogen-bond acceptors (Lipinski definition) is 5. The van der Waals surface area contributed by atoms with Crippen molar-refractivity contribution < 1.29 is 19.0 Å². The molecule has 0 aliphatic rings. The summed E-state index contributed by atoms with van der Waals surface area (Å²) in [5.74, 6) is 0.839. The molecule has 2 aromatic rings. The Kier molecular flexibility index (Phi) is 4.99. The molecule has 116 valence electrons. The first-order valence-electron chi connectivity index (χ1n) is 6.95. The molecular formula is C17H19NO4. The maximum Gasteiger partial charge on any atom is 0.357 e. The number of methoxy groups -OCH3 is 2. The molecule has 0 spiro atoms. The van der Waals surface area contributed by atoms with E-state index < -0.39 is 5.97 Å². The van der Waals surface area contributed by atoms with Crippen LogP contribution in [0.5, 0.6) is 11.5 Å². The second kappa shape index (κ2) is 6.93. The van der Waals surface area contributed by atoms with Crippen molar-refractivity contribution in [3.8, 4) is 22.8 Å². The number of ether oxygens (including phenoxy) is 3. The van der Waals surface area contributed by atoms with E-state index in [0.29, 0.717) is 11.4 Å². The number of carbonyl (C=O) groups is 1. The molecule has 1 aromatic carbocycles. The first-order chi connectivity index (χ1) is 10.5. The lowest BCUT2D eigenvalue weighted by atomic mass is 10.1. The van der Waals surface area contributed by atoms with Gasteiger partial charge in [-0.2, -0.15) is 0 Å². The quantitative estimate of drug-likeness (QED) is 0.793. The van der Waals surface area contributed by atoms with Crippen LogP contribution in [0.3, 0.4) is 0 Å². The highest BCUT2D eigenvalue weighted by Crippen LogP contribution is 2.25. The highest BCUT2D eigenvalue weighted by atomic mass is 16.5. The first-order valence-corrected chi connectivity index (χ1v) is 6.95. The minimum Gasteiger partial charge on any atom is -0.497 e. The van der Waals surface area contributed by atoms with Crippen molar-refractivity contribution in [3.63, 3.8) is 0 Å². The molecule has 0 unspecified atom stereocenters. The van der Waals surface area contributed by atoms with Crippen LogP contribution in [0, 0.1) is 0 Å². The van der Waals surface area contributed by atoms with Crippen LogP contribution in [0.2, 0.25) is 0 Å². The van der Waals surface area contributed by atoms with Crippen molar-refractivity contribution in [2.24, 2.45) is 0 Å². The fourth-order valence-electron chi connectivity index (χ4n) is 1.91. The van der Waals surface area contributed by atoms with Gasteiger partial charge in [-0.05, 0) is 38.1 Å². The summed E-state index contributed by atoms with van der Waals surface area (Å²) in [7, 11) is 3.16. The predicted octanol–water partition coefficient (Wildman–Crippen LogP) is 3.33. The van der Waals surface area contributed by atoms with Crippen molar-refractivity contribution in [2.75, 3.05) is 14.2 Å². The Labute approximate surface area is 129 Å². The van der Waals surface area contributed by atoms with Gasteiger partial charge in [-0.1, -0.05) is 0 Å². The molecule has 0 saturated carbocycles. The second-order valence-electron chi connectivity index (χ2n) is 4.96. The van der Waals surface area contributed by atoms with Gasteiger partial charge in [-0.3, -0.25) is 0 Å². The van der Waals surface area contributed by atoms with Gasteiger partial charge < -0.3 is 14.2 Å². The Balaban J connectivity index is 2.40. The summed E-state index contributed by atoms with van der Waals surface area (Å²) in [4.78, 5) is 16.4. The zero-order valence-electron chi connectivity index (χ0n) is 13.1. The molecule has 0 aliphatic heterocycles. The van der Waals surface area contributed by atoms with E-state index >= 15 is 0 Å². The number of carbonyl (C=O) groups excluding carboxylic acids is 1. The maximum absolute atomic E-state index is 12.0. The average Bonchev–Trinajstić information content (AvgIpc) is 2.53. The van der Waals surface area contributed by atoms with E-state index in [2.05, 4.69) is 4.98 Å². The van der Waals surface area contributed by atoms with Crippen molar-refractivity contribution in [3.05, 3.63) is 42.1 Å². The van der Waals surface area contributed by atoms with Gasteiger partial charge in [0, 0.05) is 17.7 Å². The summed E-state index contributed by atoms with van der Waals surface area (Å²) < 4.78 is 15.6. The summed E-state index contributed by atoms with van der Waals surface area (Å²) in [6.45, 7) is 3.59. The fraction of sp³-hybridized carbons (Fsp3) is 0.294. The monoisotopic (exact) mass is 301 g/mol. The molecule has 0 saturated heterocycles. The van der Waals surface area contributed by atoms with Gasteiger partial charge in [0.2, 0.25) is 0 Å². The van der Waals surface area contributed by atoms with Crippen LogP contribution < -0.4 is 9.47 Å². The number of rotatable bonds is 5. The van der Waals surface area contributed by atoms with Crippen LogP contribution >= 0.6 is 0 Å². The summed E-state index contributed by atoms with van der Waals surface area (Å²) in [6.07, 6.45) is -0.204. The average molecular weight is 301 g/mol. The Bertz CT molecular complexity index is 650. The Morgan fingerprint density at radius 1 is 1.00 bits per heavy atom. The van der Waals surface area contributed by atoms with E-state index in [-0.39, 0.29) is 11.8 Å². The number of aromatic nitrogens is 1. The molecule has 0 atom stereocenters. The van der Waals surface area contributed by atoms with Gasteiger partial charge in [-0.25, -0.2) is 9.78 Å². The Morgan fingerprint density at radius 2 is 1.64 bits per heavy atom. The summed E-state index contributed by atoms with van der Waals surface area (Å²) >= 11 is 0. The molecule has 0 fully saturated rings. The normalized spacial score (nSPS) is 10.4. The SMILES string of the molecule is COc1ccc(-c2cc(OC)cc(C(=O)OC(C)C)n2)cc1. The smallest absolute Gasteiger partial charge is 0.357 e. The molecule has 22 heavy (non-hydrogen) atoms. The third-order valence-electron chi connectivity index (χ3n) is 2.97. The van der Waals surface area contributed by atoms with E-state index in [1.54, 1.807) is 40.2 Å². The van der Waals surface area contributed by atoms with Crippen molar-refractivity contribution >= 4 is 5.97 Å². The lowest BCUT2D eigenvalue weighted by Gasteiger charge is -2.10. The Morgan fingerprint density at radius 3 is 2.18 bits per heavy atom. The summed E-state index contributed by atoms with van der Waals surface area (Å²) in [6, 6.07) is 10.8. The lowest BCUT2D eigenvalue weighted by Crippen LogP contribution is -2.13. The minimum absolute atomic E-state index is 0.204. The van der Waals surface area contributed by atoms with Crippen LogP contribution in [-0.4, -0.2) is 31.3 Å². The zero-order valence-corrected chi connectivity index (χ0v) is 13.1. The third kappa shape index (κ3) is 3.75. The Hall–Kier alpha value is -2.56. The number of hydrogen-bond donors (Lipinski definition) is 0. The van der Waals surface area contributed by atoms with Gasteiger partial charge in [-0.15, -0.1) is 0 Å². The molecule has 0 bridgehead atoms. The fourth-order valence-corrected chi connectivity index (χ4v) is 1.91. The van der Waals surface area contributed by atoms with Gasteiger partial charge in [0.05, 0.1) is 26.0 Å². The van der Waals surface area contributed by atoms with Gasteiger partial charge in [0.1, 0.15) is 11.5 Å². The third-order valence-corrected chi connectivity index (χ3v) is 2.97. The predicted molar refractivity (Wildman–Crippen MR) is 83.3 cm³/mol. The highest BCUT2D eigenvalue weighted by Gasteiger charge is 2.14. The molecule has 5 nitrogen and oxygen atoms in total. The molecule has 0 amide bonds. The number of benzene rings is 1. The second-order valence-corrected chi connectivity index (χ2v) is 4.96. The van der Waals surface area contributed by atoms with Crippen LogP contribution in [0.1, 0.15) is 24.3 Å². The van der Waals surface area contributed by atoms with Crippen molar-refractivity contribution in [1.29, 1.82) is 0 Å². The largest absolute Gasteiger partial charge is 0.497 e. The van der Waals surface area contributed by atoms with Crippen molar-refractivity contribution in [2.45, 2.75) is 20.0 Å². The molecule has 0 radical (unpaired) electrons. The van der Waals surface area contributed by atoms with Gasteiger partial charge in [0.25, 0.3) is 0 Å². The number of esters is 1. The number of nitrogens with zero attached hydrogens (tertiary/aromatic N) is 1. The number of pyridine rings is 1. The lowest BCUT2D eigenvalue weighted by molar-refractivity contribution is 0.0370. The van der Waals surface area contributed by atoms with Crippen LogP contribution in [0.4, 0.5) is 0 Å². The summed E-state index contributed by atoms with van der Waals surface area (Å²) in [5, 5.41) is 0. The summed E-state index contributed by atoms with van der Waals surface area (Å²) in [5.41, 5.74) is 1.72. The molecule has 1 aromatic heterocycles. The van der Waals surface area contributed by atoms with E-state index in [0.717, 1.165) is 11.3 Å². The standard InChI is InChI=1S/C17H19NO4/c1-11(2)22-17(19)16-10-14(21-4)9-15(18-16)12-5-7-13(20-3)8-6-12/h5-11H,1-4H3. The topological polar surface area (TPSA) is 57.7 Å². The van der Waals surface area contributed by atoms with Crippen LogP contribution in [0.15, 0.2) is 36.4 Å². The van der Waals surface area contributed by atoms with E-state index in [4.69, 9.17) is 14.2 Å². The minimum atomic E-state index is -0.469. The van der Waals surface area contributed by atoms with Gasteiger partial charge >= 0.3 is 5.97 Å². The maximum atomic E-state index is 12.0.